The van der Waals surface area contributed by atoms with Gasteiger partial charge in [-0.05, 0) is 39.4 Å². The van der Waals surface area contributed by atoms with Gasteiger partial charge in [-0.3, -0.25) is 4.79 Å². The third-order valence-corrected chi connectivity index (χ3v) is 2.73. The van der Waals surface area contributed by atoms with E-state index in [1.165, 1.54) is 45.2 Å². The molecule has 0 atom stereocenters. The summed E-state index contributed by atoms with van der Waals surface area (Å²) in [6, 6.07) is 0. The summed E-state index contributed by atoms with van der Waals surface area (Å²) >= 11 is 0. The molecule has 3 nitrogen and oxygen atoms in total. The van der Waals surface area contributed by atoms with Crippen LogP contribution in [0.2, 0.25) is 0 Å². The highest BCUT2D eigenvalue weighted by Gasteiger charge is 2.03. The summed E-state index contributed by atoms with van der Waals surface area (Å²) in [5.74, 6) is 0.0801. The molecule has 1 saturated heterocycles. The van der Waals surface area contributed by atoms with Gasteiger partial charge in [0.1, 0.15) is 0 Å². The summed E-state index contributed by atoms with van der Waals surface area (Å²) in [6.07, 6.45) is 7.71. The average Bonchev–Trinajstić information content (AvgIpc) is 2.69. The van der Waals surface area contributed by atoms with E-state index in [1.807, 2.05) is 0 Å². The molecule has 0 radical (unpaired) electrons. The molecule has 0 aromatic rings. The Bertz CT molecular complexity index is 165. The lowest BCUT2D eigenvalue weighted by Crippen LogP contribution is -2.20. The molecule has 0 bridgehead atoms. The highest BCUT2D eigenvalue weighted by atomic mass is 16.1. The molecule has 1 aliphatic rings. The van der Waals surface area contributed by atoms with Gasteiger partial charge in [-0.1, -0.05) is 26.2 Å². The number of nitrogens with zero attached hydrogens (tertiary/aromatic N) is 1. The predicted octanol–water partition coefficient (Wildman–Crippen LogP) is 2.41. The molecule has 0 aromatic carbocycles. The molecule has 96 valence electrons. The average molecular weight is 228 g/mol. The molecule has 0 saturated carbocycles. The van der Waals surface area contributed by atoms with Crippen LogP contribution in [0.25, 0.3) is 0 Å². The van der Waals surface area contributed by atoms with Gasteiger partial charge in [-0.2, -0.15) is 0 Å². The van der Waals surface area contributed by atoms with Gasteiger partial charge in [0, 0.05) is 13.5 Å². The number of amides is 1. The molecule has 1 aliphatic heterocycles. The summed E-state index contributed by atoms with van der Waals surface area (Å²) in [5.41, 5.74) is 0. The Morgan fingerprint density at radius 3 is 2.19 bits per heavy atom. The van der Waals surface area contributed by atoms with Crippen molar-refractivity contribution in [3.63, 3.8) is 0 Å². The van der Waals surface area contributed by atoms with E-state index in [9.17, 15) is 4.79 Å². The fraction of sp³-hybridized carbons (Fsp3) is 0.923. The summed E-state index contributed by atoms with van der Waals surface area (Å²) in [4.78, 5) is 12.7. The fourth-order valence-electron chi connectivity index (χ4n) is 1.69. The molecule has 0 aromatic heterocycles. The number of carbonyl (C=O) groups is 1. The molecule has 0 aliphatic carbocycles. The SMILES string of the molecule is CCCCCCNC(C)=O.CN1CCCC1. The van der Waals surface area contributed by atoms with Crippen LogP contribution in [0.5, 0.6) is 0 Å². The Morgan fingerprint density at radius 1 is 1.19 bits per heavy atom. The molecule has 1 N–H and O–H groups in total. The van der Waals surface area contributed by atoms with Crippen LogP contribution >= 0.6 is 0 Å². The summed E-state index contributed by atoms with van der Waals surface area (Å²) in [5, 5.41) is 2.77. The van der Waals surface area contributed by atoms with Gasteiger partial charge >= 0.3 is 0 Å². The van der Waals surface area contributed by atoms with Crippen molar-refractivity contribution < 1.29 is 4.79 Å². The Balaban J connectivity index is 0.000000315. The van der Waals surface area contributed by atoms with Crippen molar-refractivity contribution in [2.45, 2.75) is 52.4 Å². The first kappa shape index (κ1) is 15.4. The number of unbranched alkanes of at least 4 members (excludes halogenated alkanes) is 3. The third kappa shape index (κ3) is 11.5. The number of hydrogen-bond acceptors (Lipinski definition) is 2. The van der Waals surface area contributed by atoms with E-state index in [1.54, 1.807) is 6.92 Å². The highest BCUT2D eigenvalue weighted by molar-refractivity contribution is 5.72. The molecule has 0 spiro atoms. The van der Waals surface area contributed by atoms with Gasteiger partial charge in [-0.25, -0.2) is 0 Å². The standard InChI is InChI=1S/C8H17NO.C5H11N/c1-3-4-5-6-7-9-8(2)10;1-6-4-2-3-5-6/h3-7H2,1-2H3,(H,9,10);2-5H2,1H3. The Kier molecular flexibility index (Phi) is 10.5. The first-order chi connectivity index (χ1) is 7.66. The van der Waals surface area contributed by atoms with Crippen LogP contribution in [-0.4, -0.2) is 37.5 Å². The molecule has 1 rings (SSSR count). The van der Waals surface area contributed by atoms with E-state index < -0.39 is 0 Å². The van der Waals surface area contributed by atoms with Crippen molar-refractivity contribution in [1.82, 2.24) is 10.2 Å². The predicted molar refractivity (Wildman–Crippen MR) is 69.6 cm³/mol. The number of hydrogen-bond donors (Lipinski definition) is 1. The van der Waals surface area contributed by atoms with Crippen LogP contribution < -0.4 is 5.32 Å². The van der Waals surface area contributed by atoms with E-state index >= 15 is 0 Å². The highest BCUT2D eigenvalue weighted by Crippen LogP contribution is 2.02. The van der Waals surface area contributed by atoms with Crippen LogP contribution in [0.15, 0.2) is 0 Å². The van der Waals surface area contributed by atoms with Gasteiger partial charge in [0.2, 0.25) is 5.91 Å². The van der Waals surface area contributed by atoms with E-state index in [-0.39, 0.29) is 5.91 Å². The minimum Gasteiger partial charge on any atom is -0.356 e. The second-order valence-corrected chi connectivity index (χ2v) is 4.55. The van der Waals surface area contributed by atoms with Crippen molar-refractivity contribution in [2.24, 2.45) is 0 Å². The fourth-order valence-corrected chi connectivity index (χ4v) is 1.69. The van der Waals surface area contributed by atoms with E-state index in [0.717, 1.165) is 13.0 Å². The van der Waals surface area contributed by atoms with Crippen LogP contribution in [0.4, 0.5) is 0 Å². The van der Waals surface area contributed by atoms with Gasteiger partial charge in [0.05, 0.1) is 0 Å². The molecule has 1 heterocycles. The van der Waals surface area contributed by atoms with Crippen LogP contribution in [0, 0.1) is 0 Å². The van der Waals surface area contributed by atoms with Gasteiger partial charge in [-0.15, -0.1) is 0 Å². The van der Waals surface area contributed by atoms with Crippen molar-refractivity contribution in [3.8, 4) is 0 Å². The molecule has 3 heteroatoms. The molecular formula is C13H28N2O. The first-order valence-corrected chi connectivity index (χ1v) is 6.59. The summed E-state index contributed by atoms with van der Waals surface area (Å²) in [6.45, 7) is 7.22. The van der Waals surface area contributed by atoms with Crippen LogP contribution in [-0.2, 0) is 4.79 Å². The largest absolute Gasteiger partial charge is 0.356 e. The minimum atomic E-state index is 0.0801. The Labute approximate surface area is 101 Å². The van der Waals surface area contributed by atoms with E-state index in [4.69, 9.17) is 0 Å². The lowest BCUT2D eigenvalue weighted by Gasteiger charge is -2.01. The zero-order valence-electron chi connectivity index (χ0n) is 11.2. The van der Waals surface area contributed by atoms with Crippen molar-refractivity contribution >= 4 is 5.91 Å². The molecule has 16 heavy (non-hydrogen) atoms. The van der Waals surface area contributed by atoms with Crippen molar-refractivity contribution in [1.29, 1.82) is 0 Å². The van der Waals surface area contributed by atoms with Gasteiger partial charge < -0.3 is 10.2 Å². The van der Waals surface area contributed by atoms with Crippen LogP contribution in [0.3, 0.4) is 0 Å². The van der Waals surface area contributed by atoms with Crippen molar-refractivity contribution in [2.75, 3.05) is 26.7 Å². The maximum absolute atomic E-state index is 10.4. The smallest absolute Gasteiger partial charge is 0.216 e. The molecule has 1 amide bonds. The normalized spacial score (nSPS) is 15.4. The molecular weight excluding hydrogens is 200 g/mol. The molecule has 1 fully saturated rings. The van der Waals surface area contributed by atoms with E-state index in [0.29, 0.717) is 0 Å². The minimum absolute atomic E-state index is 0.0801. The maximum atomic E-state index is 10.4. The molecule has 0 unspecified atom stereocenters. The van der Waals surface area contributed by atoms with Crippen LogP contribution in [0.1, 0.15) is 52.4 Å². The third-order valence-electron chi connectivity index (χ3n) is 2.73. The maximum Gasteiger partial charge on any atom is 0.216 e. The number of likely N-dealkylation sites (tertiary alicyclic amines) is 1. The first-order valence-electron chi connectivity index (χ1n) is 6.59. The quantitative estimate of drug-likeness (QED) is 0.733. The second-order valence-electron chi connectivity index (χ2n) is 4.55. The Hall–Kier alpha value is -0.570. The summed E-state index contributed by atoms with van der Waals surface area (Å²) in [7, 11) is 2.17. The lowest BCUT2D eigenvalue weighted by molar-refractivity contribution is -0.118. The van der Waals surface area contributed by atoms with E-state index in [2.05, 4.69) is 24.2 Å². The monoisotopic (exact) mass is 228 g/mol. The van der Waals surface area contributed by atoms with Crippen molar-refractivity contribution in [3.05, 3.63) is 0 Å². The van der Waals surface area contributed by atoms with Gasteiger partial charge in [0.15, 0.2) is 0 Å². The number of rotatable bonds is 5. The second kappa shape index (κ2) is 10.9. The lowest BCUT2D eigenvalue weighted by atomic mass is 10.2. The zero-order chi connectivity index (χ0) is 12.2. The zero-order valence-corrected chi connectivity index (χ0v) is 11.2. The topological polar surface area (TPSA) is 32.3 Å². The number of carbonyl (C=O) groups excluding carboxylic acids is 1. The summed E-state index contributed by atoms with van der Waals surface area (Å²) < 4.78 is 0. The number of nitrogens with one attached hydrogen (secondary N) is 1. The Morgan fingerprint density at radius 2 is 1.81 bits per heavy atom. The van der Waals surface area contributed by atoms with Gasteiger partial charge in [0.25, 0.3) is 0 Å².